The summed E-state index contributed by atoms with van der Waals surface area (Å²) in [5, 5.41) is 11.4. The Morgan fingerprint density at radius 2 is 2.27 bits per heavy atom. The van der Waals surface area contributed by atoms with Crippen molar-refractivity contribution in [2.75, 3.05) is 11.4 Å². The Morgan fingerprint density at radius 3 is 2.80 bits per heavy atom. The first kappa shape index (κ1) is 9.87. The molecule has 0 aliphatic carbocycles. The number of hydrogen-bond acceptors (Lipinski definition) is 4. The molecule has 1 aromatic rings. The number of ketones is 1. The standard InChI is InChI=1S/C10H8N2O2S/c1-6-5-15-10(8(6)3-11)12-4-7(13)2-9(12)14/h5H,2,4H2,1H3. The van der Waals surface area contributed by atoms with E-state index in [1.54, 1.807) is 0 Å². The molecule has 1 aliphatic rings. The second kappa shape index (κ2) is 3.48. The molecule has 2 rings (SSSR count). The summed E-state index contributed by atoms with van der Waals surface area (Å²) in [6.07, 6.45) is -0.0399. The first-order valence-electron chi connectivity index (χ1n) is 4.43. The van der Waals surface area contributed by atoms with Gasteiger partial charge in [-0.25, -0.2) is 0 Å². The number of aryl methyl sites for hydroxylation is 1. The van der Waals surface area contributed by atoms with Crippen LogP contribution in [0.3, 0.4) is 0 Å². The van der Waals surface area contributed by atoms with Crippen molar-refractivity contribution in [3.05, 3.63) is 16.5 Å². The van der Waals surface area contributed by atoms with Crippen LogP contribution in [0.1, 0.15) is 17.5 Å². The molecule has 1 saturated heterocycles. The molecule has 1 fully saturated rings. The van der Waals surface area contributed by atoms with Gasteiger partial charge in [0, 0.05) is 0 Å². The van der Waals surface area contributed by atoms with Crippen LogP contribution in [-0.4, -0.2) is 18.2 Å². The highest BCUT2D eigenvalue weighted by atomic mass is 32.1. The molecule has 5 heteroatoms. The SMILES string of the molecule is Cc1csc(N2CC(=O)CC2=O)c1C#N. The minimum absolute atomic E-state index is 0.0399. The van der Waals surface area contributed by atoms with Crippen molar-refractivity contribution in [3.63, 3.8) is 0 Å². The van der Waals surface area contributed by atoms with E-state index in [1.165, 1.54) is 16.2 Å². The number of rotatable bonds is 1. The number of thiophene rings is 1. The third kappa shape index (κ3) is 1.53. The fourth-order valence-corrected chi connectivity index (χ4v) is 2.56. The minimum Gasteiger partial charge on any atom is -0.297 e. The van der Waals surface area contributed by atoms with E-state index in [-0.39, 0.29) is 24.7 Å². The van der Waals surface area contributed by atoms with E-state index in [2.05, 4.69) is 6.07 Å². The lowest BCUT2D eigenvalue weighted by Gasteiger charge is -2.12. The van der Waals surface area contributed by atoms with Crippen LogP contribution in [0.5, 0.6) is 0 Å². The van der Waals surface area contributed by atoms with Gasteiger partial charge in [-0.15, -0.1) is 11.3 Å². The Labute approximate surface area is 90.7 Å². The fourth-order valence-electron chi connectivity index (χ4n) is 1.53. The summed E-state index contributed by atoms with van der Waals surface area (Å²) >= 11 is 1.33. The molecule has 0 saturated carbocycles. The van der Waals surface area contributed by atoms with Crippen LogP contribution >= 0.6 is 11.3 Å². The summed E-state index contributed by atoms with van der Waals surface area (Å²) in [6.45, 7) is 1.92. The molecule has 1 amide bonds. The van der Waals surface area contributed by atoms with Gasteiger partial charge in [0.1, 0.15) is 11.1 Å². The van der Waals surface area contributed by atoms with Crippen LogP contribution in [0.2, 0.25) is 0 Å². The lowest BCUT2D eigenvalue weighted by molar-refractivity contribution is -0.121. The summed E-state index contributed by atoms with van der Waals surface area (Å²) < 4.78 is 0. The molecule has 1 aromatic heterocycles. The summed E-state index contributed by atoms with van der Waals surface area (Å²) in [7, 11) is 0. The molecule has 4 nitrogen and oxygen atoms in total. The quantitative estimate of drug-likeness (QED) is 0.669. The predicted molar refractivity (Wildman–Crippen MR) is 55.7 cm³/mol. The van der Waals surface area contributed by atoms with E-state index in [0.717, 1.165) is 5.56 Å². The second-order valence-corrected chi connectivity index (χ2v) is 4.26. The van der Waals surface area contributed by atoms with Gasteiger partial charge in [0.05, 0.1) is 18.5 Å². The zero-order chi connectivity index (χ0) is 11.0. The molecule has 0 atom stereocenters. The Kier molecular flexibility index (Phi) is 2.29. The van der Waals surface area contributed by atoms with E-state index in [9.17, 15) is 9.59 Å². The van der Waals surface area contributed by atoms with E-state index in [0.29, 0.717) is 10.6 Å². The third-order valence-electron chi connectivity index (χ3n) is 2.30. The number of amides is 1. The Balaban J connectivity index is 2.43. The molecular formula is C10H8N2O2S. The fraction of sp³-hybridized carbons (Fsp3) is 0.300. The number of nitriles is 1. The number of Topliss-reactive ketones (excluding diaryl/α,β-unsaturated/α-hetero) is 1. The van der Waals surface area contributed by atoms with Crippen LogP contribution in [0.25, 0.3) is 0 Å². The van der Waals surface area contributed by atoms with Crippen molar-refractivity contribution in [3.8, 4) is 6.07 Å². The number of hydrogen-bond donors (Lipinski definition) is 0. The number of anilines is 1. The van der Waals surface area contributed by atoms with E-state index < -0.39 is 0 Å². The second-order valence-electron chi connectivity index (χ2n) is 3.41. The van der Waals surface area contributed by atoms with Crippen LogP contribution in [0, 0.1) is 18.3 Å². The molecule has 1 aliphatic heterocycles. The van der Waals surface area contributed by atoms with Crippen LogP contribution < -0.4 is 4.90 Å². The first-order chi connectivity index (χ1) is 7.13. The summed E-state index contributed by atoms with van der Waals surface area (Å²) in [5.41, 5.74) is 1.35. The van der Waals surface area contributed by atoms with Crippen molar-refractivity contribution in [1.82, 2.24) is 0 Å². The van der Waals surface area contributed by atoms with Gasteiger partial charge in [-0.05, 0) is 17.9 Å². The molecule has 0 spiro atoms. The minimum atomic E-state index is -0.210. The van der Waals surface area contributed by atoms with Crippen molar-refractivity contribution < 1.29 is 9.59 Å². The maximum Gasteiger partial charge on any atom is 0.235 e. The topological polar surface area (TPSA) is 61.2 Å². The van der Waals surface area contributed by atoms with Crippen LogP contribution in [-0.2, 0) is 9.59 Å². The van der Waals surface area contributed by atoms with Crippen molar-refractivity contribution >= 4 is 28.0 Å². The number of nitrogens with zero attached hydrogens (tertiary/aromatic N) is 2. The molecule has 0 radical (unpaired) electrons. The predicted octanol–water partition coefficient (Wildman–Crippen LogP) is 1.23. The van der Waals surface area contributed by atoms with Gasteiger partial charge < -0.3 is 0 Å². The molecular weight excluding hydrogens is 212 g/mol. The zero-order valence-corrected chi connectivity index (χ0v) is 8.93. The molecule has 2 heterocycles. The Morgan fingerprint density at radius 1 is 1.53 bits per heavy atom. The lowest BCUT2D eigenvalue weighted by atomic mass is 10.2. The van der Waals surface area contributed by atoms with Gasteiger partial charge in [0.25, 0.3) is 0 Å². The van der Waals surface area contributed by atoms with Gasteiger partial charge in [-0.2, -0.15) is 5.26 Å². The summed E-state index contributed by atoms with van der Waals surface area (Å²) in [6, 6.07) is 2.06. The van der Waals surface area contributed by atoms with Gasteiger partial charge in [-0.3, -0.25) is 14.5 Å². The van der Waals surface area contributed by atoms with Gasteiger partial charge in [-0.1, -0.05) is 0 Å². The molecule has 0 unspecified atom stereocenters. The average molecular weight is 220 g/mol. The number of carbonyl (C=O) groups is 2. The molecule has 76 valence electrons. The van der Waals surface area contributed by atoms with Crippen molar-refractivity contribution in [2.24, 2.45) is 0 Å². The maximum atomic E-state index is 11.5. The van der Waals surface area contributed by atoms with E-state index in [4.69, 9.17) is 5.26 Å². The first-order valence-corrected chi connectivity index (χ1v) is 5.31. The van der Waals surface area contributed by atoms with E-state index in [1.807, 2.05) is 12.3 Å². The highest BCUT2D eigenvalue weighted by Crippen LogP contribution is 2.32. The van der Waals surface area contributed by atoms with Crippen molar-refractivity contribution in [1.29, 1.82) is 5.26 Å². The van der Waals surface area contributed by atoms with E-state index >= 15 is 0 Å². The molecule has 15 heavy (non-hydrogen) atoms. The van der Waals surface area contributed by atoms with Gasteiger partial charge in [0.2, 0.25) is 5.91 Å². The normalized spacial score (nSPS) is 15.9. The Hall–Kier alpha value is -1.67. The zero-order valence-electron chi connectivity index (χ0n) is 8.11. The van der Waals surface area contributed by atoms with Crippen LogP contribution in [0.4, 0.5) is 5.00 Å². The average Bonchev–Trinajstić information content (AvgIpc) is 2.69. The maximum absolute atomic E-state index is 11.5. The van der Waals surface area contributed by atoms with Gasteiger partial charge >= 0.3 is 0 Å². The third-order valence-corrected chi connectivity index (χ3v) is 3.42. The monoisotopic (exact) mass is 220 g/mol. The highest BCUT2D eigenvalue weighted by molar-refractivity contribution is 7.14. The number of carbonyl (C=O) groups excluding carboxylic acids is 2. The molecule has 0 N–H and O–H groups in total. The smallest absolute Gasteiger partial charge is 0.235 e. The largest absolute Gasteiger partial charge is 0.297 e. The summed E-state index contributed by atoms with van der Waals surface area (Å²) in [5.74, 6) is -0.298. The van der Waals surface area contributed by atoms with Gasteiger partial charge in [0.15, 0.2) is 5.78 Å². The molecule has 0 aromatic carbocycles. The Bertz CT molecular complexity index is 484. The summed E-state index contributed by atoms with van der Waals surface area (Å²) in [4.78, 5) is 24.0. The lowest BCUT2D eigenvalue weighted by Crippen LogP contribution is -2.24. The highest BCUT2D eigenvalue weighted by Gasteiger charge is 2.31. The van der Waals surface area contributed by atoms with Crippen LogP contribution in [0.15, 0.2) is 5.38 Å². The van der Waals surface area contributed by atoms with Crippen molar-refractivity contribution in [2.45, 2.75) is 13.3 Å². The molecule has 0 bridgehead atoms.